The third-order valence-corrected chi connectivity index (χ3v) is 14.3. The van der Waals surface area contributed by atoms with Crippen molar-refractivity contribution in [3.63, 3.8) is 0 Å². The molecule has 4 heterocycles. The second-order valence-corrected chi connectivity index (χ2v) is 19.7. The molecule has 0 unspecified atom stereocenters. The second-order valence-electron chi connectivity index (χ2n) is 14.9. The minimum atomic E-state index is -4.56. The second kappa shape index (κ2) is 14.0. The van der Waals surface area contributed by atoms with Gasteiger partial charge in [-0.25, -0.2) is 29.6 Å². The number of halogens is 3. The number of anilines is 1. The summed E-state index contributed by atoms with van der Waals surface area (Å²) in [4.78, 5) is 22.5. The van der Waals surface area contributed by atoms with Crippen molar-refractivity contribution in [2.45, 2.75) is 96.7 Å². The number of nitrogens with zero attached hydrogens (tertiary/aromatic N) is 8. The largest absolute Gasteiger partial charge is 0.480 e. The van der Waals surface area contributed by atoms with Crippen molar-refractivity contribution in [1.82, 2.24) is 39.3 Å². The zero-order valence-electron chi connectivity index (χ0n) is 30.5. The van der Waals surface area contributed by atoms with Gasteiger partial charge in [0.25, 0.3) is 0 Å². The van der Waals surface area contributed by atoms with E-state index in [9.17, 15) is 13.2 Å². The zero-order chi connectivity index (χ0) is 36.7. The number of ether oxygens (including phenoxy) is 1. The summed E-state index contributed by atoms with van der Waals surface area (Å²) in [7, 11) is -0.340. The first kappa shape index (κ1) is 36.4. The van der Waals surface area contributed by atoms with Crippen molar-refractivity contribution in [2.24, 2.45) is 0 Å². The van der Waals surface area contributed by atoms with Crippen molar-refractivity contribution >= 4 is 25.0 Å². The normalized spacial score (nSPS) is 14.1. The molecule has 1 aliphatic rings. The van der Waals surface area contributed by atoms with E-state index in [-0.39, 0.29) is 16.9 Å². The fraction of sp³-hybridized carbons (Fsp3) is 0.500. The van der Waals surface area contributed by atoms with Crippen molar-refractivity contribution < 1.29 is 22.3 Å². The molecule has 5 aromatic rings. The molecule has 0 amide bonds. The summed E-state index contributed by atoms with van der Waals surface area (Å²) >= 11 is 0. The molecule has 51 heavy (non-hydrogen) atoms. The summed E-state index contributed by atoms with van der Waals surface area (Å²) in [5, 5.41) is 9.06. The first-order valence-electron chi connectivity index (χ1n) is 17.3. The van der Waals surface area contributed by atoms with E-state index >= 15 is 0 Å². The van der Waals surface area contributed by atoms with Crippen molar-refractivity contribution in [3.05, 3.63) is 60.1 Å². The van der Waals surface area contributed by atoms with Gasteiger partial charge in [-0.05, 0) is 62.9 Å². The number of fused-ring (bicyclic) bond motifs is 1. The van der Waals surface area contributed by atoms with Crippen molar-refractivity contribution in [3.8, 4) is 28.7 Å². The fourth-order valence-electron chi connectivity index (χ4n) is 5.67. The van der Waals surface area contributed by atoms with Crippen LogP contribution in [0.3, 0.4) is 0 Å². The number of rotatable bonds is 13. The van der Waals surface area contributed by atoms with E-state index in [4.69, 9.17) is 14.1 Å². The van der Waals surface area contributed by atoms with Crippen LogP contribution in [0, 0.1) is 0 Å². The maximum Gasteiger partial charge on any atom is 0.434 e. The molecule has 272 valence electrons. The van der Waals surface area contributed by atoms with Crippen LogP contribution in [-0.2, 0) is 17.1 Å². The van der Waals surface area contributed by atoms with Crippen LogP contribution in [0.1, 0.15) is 82.8 Å². The van der Waals surface area contributed by atoms with Gasteiger partial charge in [-0.15, -0.1) is 0 Å². The van der Waals surface area contributed by atoms with Gasteiger partial charge in [-0.3, -0.25) is 0 Å². The zero-order valence-corrected chi connectivity index (χ0v) is 31.5. The van der Waals surface area contributed by atoms with E-state index in [0.717, 1.165) is 47.8 Å². The van der Waals surface area contributed by atoms with Crippen LogP contribution < -0.4 is 10.1 Å². The number of nitrogens with one attached hydrogen (secondary N) is 1. The molecular formula is C36H46F3N9O2Si. The lowest BCUT2D eigenvalue weighted by atomic mass is 10.1. The van der Waals surface area contributed by atoms with Gasteiger partial charge in [0.1, 0.15) is 17.7 Å². The first-order chi connectivity index (χ1) is 24.1. The Morgan fingerprint density at radius 3 is 2.47 bits per heavy atom. The number of aromatic nitrogens is 8. The van der Waals surface area contributed by atoms with Crippen LogP contribution in [0.25, 0.3) is 33.8 Å². The lowest BCUT2D eigenvalue weighted by molar-refractivity contribution is -0.140. The van der Waals surface area contributed by atoms with Gasteiger partial charge in [0.15, 0.2) is 25.5 Å². The molecule has 0 spiro atoms. The Hall–Kier alpha value is -4.37. The third kappa shape index (κ3) is 7.78. The van der Waals surface area contributed by atoms with E-state index in [1.807, 2.05) is 32.0 Å². The highest BCUT2D eigenvalue weighted by Gasteiger charge is 2.37. The molecule has 0 saturated heterocycles. The van der Waals surface area contributed by atoms with Crippen LogP contribution in [-0.4, -0.2) is 67.8 Å². The van der Waals surface area contributed by atoms with Gasteiger partial charge in [0.2, 0.25) is 5.88 Å². The lowest BCUT2D eigenvalue weighted by Gasteiger charge is -2.36. The van der Waals surface area contributed by atoms with Gasteiger partial charge in [-0.1, -0.05) is 32.9 Å². The quantitative estimate of drug-likeness (QED) is 0.0943. The molecular weight excluding hydrogens is 676 g/mol. The van der Waals surface area contributed by atoms with Crippen LogP contribution in [0.15, 0.2) is 43.1 Å². The van der Waals surface area contributed by atoms with E-state index in [2.05, 4.69) is 64.2 Å². The SMILES string of the molecule is COc1ncnc(C2CC2)c1-c1ncc2cnn(Cc3ccc(-c4nc(C(F)(F)F)cn4C(C)C)cc3NCCCO[Si](C)(C)C(C)(C)C)c2n1. The Bertz CT molecular complexity index is 2010. The van der Waals surface area contributed by atoms with E-state index in [0.29, 0.717) is 54.1 Å². The maximum absolute atomic E-state index is 13.8. The summed E-state index contributed by atoms with van der Waals surface area (Å²) < 4.78 is 56.6. The van der Waals surface area contributed by atoms with Gasteiger partial charge in [0.05, 0.1) is 30.9 Å². The molecule has 1 N–H and O–H groups in total. The molecule has 1 aliphatic carbocycles. The van der Waals surface area contributed by atoms with Gasteiger partial charge in [0, 0.05) is 48.8 Å². The van der Waals surface area contributed by atoms with Gasteiger partial charge in [-0.2, -0.15) is 18.3 Å². The molecule has 15 heteroatoms. The van der Waals surface area contributed by atoms with Crippen LogP contribution in [0.4, 0.5) is 18.9 Å². The Balaban J connectivity index is 1.34. The maximum atomic E-state index is 13.8. The molecule has 11 nitrogen and oxygen atoms in total. The van der Waals surface area contributed by atoms with Crippen molar-refractivity contribution in [1.29, 1.82) is 0 Å². The van der Waals surface area contributed by atoms with E-state index in [1.54, 1.807) is 28.8 Å². The highest BCUT2D eigenvalue weighted by molar-refractivity contribution is 6.74. The summed E-state index contributed by atoms with van der Waals surface area (Å²) in [6.07, 6.45) is 4.31. The predicted molar refractivity (Wildman–Crippen MR) is 193 cm³/mol. The monoisotopic (exact) mass is 721 g/mol. The molecule has 1 aromatic carbocycles. The Labute approximate surface area is 297 Å². The minimum Gasteiger partial charge on any atom is -0.480 e. The topological polar surface area (TPSA) is 118 Å². The average molecular weight is 722 g/mol. The summed E-state index contributed by atoms with van der Waals surface area (Å²) in [5.74, 6) is 1.45. The molecule has 6 rings (SSSR count). The Morgan fingerprint density at radius 1 is 1.04 bits per heavy atom. The van der Waals surface area contributed by atoms with E-state index in [1.165, 1.54) is 6.33 Å². The predicted octanol–water partition coefficient (Wildman–Crippen LogP) is 8.50. The van der Waals surface area contributed by atoms with E-state index < -0.39 is 20.2 Å². The number of hydrogen-bond acceptors (Lipinski definition) is 9. The molecule has 0 atom stereocenters. The highest BCUT2D eigenvalue weighted by atomic mass is 28.4. The highest BCUT2D eigenvalue weighted by Crippen LogP contribution is 2.45. The molecule has 0 bridgehead atoms. The average Bonchev–Trinajstić information content (AvgIpc) is 3.68. The summed E-state index contributed by atoms with van der Waals surface area (Å²) in [6, 6.07) is 5.35. The molecule has 0 radical (unpaired) electrons. The molecule has 1 fully saturated rings. The van der Waals surface area contributed by atoms with Crippen molar-refractivity contribution in [2.75, 3.05) is 25.6 Å². The number of imidazole rings is 1. The molecule has 1 saturated carbocycles. The number of benzene rings is 1. The van der Waals surface area contributed by atoms with Crippen LogP contribution in [0.2, 0.25) is 18.1 Å². The number of alkyl halides is 3. The molecule has 4 aromatic heterocycles. The van der Waals surface area contributed by atoms with Crippen LogP contribution >= 0.6 is 0 Å². The lowest BCUT2D eigenvalue weighted by Crippen LogP contribution is -2.41. The smallest absolute Gasteiger partial charge is 0.434 e. The summed E-state index contributed by atoms with van der Waals surface area (Å²) in [6.45, 7) is 16.3. The van der Waals surface area contributed by atoms with Gasteiger partial charge >= 0.3 is 6.18 Å². The molecule has 0 aliphatic heterocycles. The Morgan fingerprint density at radius 2 is 1.80 bits per heavy atom. The number of methoxy groups -OCH3 is 1. The fourth-order valence-corrected chi connectivity index (χ4v) is 6.76. The van der Waals surface area contributed by atoms with Gasteiger partial charge < -0.3 is 19.0 Å². The Kier molecular flexibility index (Phi) is 9.98. The third-order valence-electron chi connectivity index (χ3n) is 9.77. The minimum absolute atomic E-state index is 0.101. The standard InChI is InChI=1S/C36H46F3N9O2Si/c1-22(2)47-20-28(36(37,38)39)45-32(47)24-12-13-25(27(16-24)40-14-9-15-50-51(7,8)35(3,4)5)19-48-33-26(18-44-48)17-41-31(46-33)29-30(23-10-11-23)42-21-43-34(29)49-6/h12-13,16-18,20-23,40H,9-11,14-15,19H2,1-8H3. The first-order valence-corrected chi connectivity index (χ1v) is 20.2. The summed E-state index contributed by atoms with van der Waals surface area (Å²) in [5.41, 5.74) is 3.47. The number of hydrogen-bond donors (Lipinski definition) is 1. The van der Waals surface area contributed by atoms with Crippen LogP contribution in [0.5, 0.6) is 5.88 Å².